The number of aryl methyl sites for hydroxylation is 1. The van der Waals surface area contributed by atoms with Gasteiger partial charge in [0.1, 0.15) is 0 Å². The first-order valence-electron chi connectivity index (χ1n) is 12.0. The number of benzene rings is 2. The molecular weight excluding hydrogens is 442 g/mol. The first-order chi connectivity index (χ1) is 16.9. The summed E-state index contributed by atoms with van der Waals surface area (Å²) in [4.78, 5) is 29.9. The molecule has 8 nitrogen and oxygen atoms in total. The van der Waals surface area contributed by atoms with Gasteiger partial charge in [0, 0.05) is 55.1 Å². The molecule has 1 aliphatic carbocycles. The molecular formula is C27H29N5O3. The van der Waals surface area contributed by atoms with Gasteiger partial charge in [0.15, 0.2) is 0 Å². The van der Waals surface area contributed by atoms with Gasteiger partial charge in [-0.15, -0.1) is 10.2 Å². The zero-order chi connectivity index (χ0) is 24.5. The lowest BCUT2D eigenvalue weighted by Crippen LogP contribution is -2.38. The molecule has 1 fully saturated rings. The number of H-pyrrole nitrogens is 1. The van der Waals surface area contributed by atoms with E-state index in [1.54, 1.807) is 6.92 Å². The van der Waals surface area contributed by atoms with Gasteiger partial charge in [-0.1, -0.05) is 25.1 Å². The predicted octanol–water partition coefficient (Wildman–Crippen LogP) is 4.71. The number of nitrogens with zero attached hydrogens (tertiary/aromatic N) is 3. The predicted molar refractivity (Wildman–Crippen MR) is 134 cm³/mol. The number of carbonyl (C=O) groups excluding carboxylic acids is 2. The Hall–Kier alpha value is -3.94. The average molecular weight is 472 g/mol. The molecule has 8 heteroatoms. The molecule has 2 N–H and O–H groups in total. The molecule has 1 saturated carbocycles. The molecule has 1 aliphatic rings. The second kappa shape index (κ2) is 9.37. The van der Waals surface area contributed by atoms with Gasteiger partial charge in [0.05, 0.1) is 5.56 Å². The molecule has 0 spiro atoms. The second-order valence-corrected chi connectivity index (χ2v) is 9.17. The van der Waals surface area contributed by atoms with E-state index in [1.165, 1.54) is 0 Å². The van der Waals surface area contributed by atoms with Gasteiger partial charge in [0.25, 0.3) is 5.91 Å². The molecule has 2 aromatic heterocycles. The standard InChI is InChI=1S/C27H29N5O3/c1-4-25(33)29-20-10-11-21(14-20)32(3)27(34)18-7-5-17(6-8-18)19-9-12-24-22(13-19)23(15-28-24)26-31-30-16(2)35-26/h5-9,12-13,15,20-21,28H,4,10-11,14H2,1-3H3,(H,29,33)/t20-,21+/m0/s1. The van der Waals surface area contributed by atoms with Crippen molar-refractivity contribution in [2.75, 3.05) is 7.05 Å². The molecule has 2 heterocycles. The summed E-state index contributed by atoms with van der Waals surface area (Å²) in [5.74, 6) is 1.07. The van der Waals surface area contributed by atoms with E-state index in [9.17, 15) is 9.59 Å². The van der Waals surface area contributed by atoms with Crippen molar-refractivity contribution in [3.05, 3.63) is 60.1 Å². The van der Waals surface area contributed by atoms with Crippen LogP contribution >= 0.6 is 0 Å². The number of fused-ring (bicyclic) bond motifs is 1. The highest BCUT2D eigenvalue weighted by molar-refractivity contribution is 5.97. The Morgan fingerprint density at radius 2 is 1.89 bits per heavy atom. The van der Waals surface area contributed by atoms with E-state index in [2.05, 4.69) is 26.6 Å². The van der Waals surface area contributed by atoms with Crippen molar-refractivity contribution in [1.82, 2.24) is 25.4 Å². The first kappa shape index (κ1) is 22.8. The first-order valence-corrected chi connectivity index (χ1v) is 12.0. The third-order valence-corrected chi connectivity index (χ3v) is 6.86. The van der Waals surface area contributed by atoms with Gasteiger partial charge in [-0.3, -0.25) is 9.59 Å². The molecule has 5 rings (SSSR count). The van der Waals surface area contributed by atoms with E-state index in [4.69, 9.17) is 4.42 Å². The van der Waals surface area contributed by atoms with Crippen molar-refractivity contribution in [3.63, 3.8) is 0 Å². The van der Waals surface area contributed by atoms with Gasteiger partial charge in [-0.05, 0) is 54.7 Å². The Morgan fingerprint density at radius 3 is 2.60 bits per heavy atom. The lowest BCUT2D eigenvalue weighted by atomic mass is 10.0. The summed E-state index contributed by atoms with van der Waals surface area (Å²) in [6.07, 6.45) is 4.95. The number of hydrogen-bond acceptors (Lipinski definition) is 5. The Bertz CT molecular complexity index is 1370. The fourth-order valence-corrected chi connectivity index (χ4v) is 4.83. The summed E-state index contributed by atoms with van der Waals surface area (Å²) in [5.41, 5.74) is 4.55. The molecule has 0 radical (unpaired) electrons. The summed E-state index contributed by atoms with van der Waals surface area (Å²) in [5, 5.41) is 12.1. The number of aromatic amines is 1. The van der Waals surface area contributed by atoms with E-state index >= 15 is 0 Å². The van der Waals surface area contributed by atoms with Gasteiger partial charge >= 0.3 is 0 Å². The van der Waals surface area contributed by atoms with Crippen molar-refractivity contribution in [2.45, 2.75) is 51.6 Å². The molecule has 35 heavy (non-hydrogen) atoms. The minimum absolute atomic E-state index is 0.000783. The van der Waals surface area contributed by atoms with Crippen LogP contribution in [0.2, 0.25) is 0 Å². The van der Waals surface area contributed by atoms with Crippen LogP contribution in [0.25, 0.3) is 33.5 Å². The van der Waals surface area contributed by atoms with Crippen molar-refractivity contribution >= 4 is 22.7 Å². The third-order valence-electron chi connectivity index (χ3n) is 6.86. The highest BCUT2D eigenvalue weighted by Gasteiger charge is 2.30. The SMILES string of the molecule is CCC(=O)N[C@H]1CC[C@@H](N(C)C(=O)c2ccc(-c3ccc4[nH]cc(-c5nnc(C)o5)c4c3)cc2)C1. The maximum atomic E-state index is 13.1. The number of carbonyl (C=O) groups is 2. The molecule has 0 saturated heterocycles. The van der Waals surface area contributed by atoms with Crippen LogP contribution in [-0.4, -0.2) is 51.0 Å². The summed E-state index contributed by atoms with van der Waals surface area (Å²) < 4.78 is 5.61. The van der Waals surface area contributed by atoms with Crippen LogP contribution in [0.5, 0.6) is 0 Å². The van der Waals surface area contributed by atoms with Crippen LogP contribution in [0.4, 0.5) is 0 Å². The molecule has 0 bridgehead atoms. The van der Waals surface area contributed by atoms with Crippen LogP contribution in [0.15, 0.2) is 53.1 Å². The van der Waals surface area contributed by atoms with Gasteiger partial charge < -0.3 is 19.6 Å². The lowest BCUT2D eigenvalue weighted by molar-refractivity contribution is -0.121. The minimum atomic E-state index is -0.000783. The maximum Gasteiger partial charge on any atom is 0.253 e. The zero-order valence-corrected chi connectivity index (χ0v) is 20.2. The molecule has 4 aromatic rings. The third kappa shape index (κ3) is 4.56. The number of hydrogen-bond donors (Lipinski definition) is 2. The fourth-order valence-electron chi connectivity index (χ4n) is 4.83. The van der Waals surface area contributed by atoms with E-state index in [1.807, 2.05) is 61.5 Å². The van der Waals surface area contributed by atoms with Crippen LogP contribution < -0.4 is 5.32 Å². The van der Waals surface area contributed by atoms with E-state index < -0.39 is 0 Å². The van der Waals surface area contributed by atoms with Crippen LogP contribution in [-0.2, 0) is 4.79 Å². The molecule has 180 valence electrons. The zero-order valence-electron chi connectivity index (χ0n) is 20.2. The average Bonchev–Trinajstić information content (AvgIpc) is 3.62. The van der Waals surface area contributed by atoms with Crippen LogP contribution in [0, 0.1) is 6.92 Å². The van der Waals surface area contributed by atoms with Crippen molar-refractivity contribution in [2.24, 2.45) is 0 Å². The highest BCUT2D eigenvalue weighted by Crippen LogP contribution is 2.32. The highest BCUT2D eigenvalue weighted by atomic mass is 16.4. The summed E-state index contributed by atoms with van der Waals surface area (Å²) >= 11 is 0. The van der Waals surface area contributed by atoms with Gasteiger partial charge in [0.2, 0.25) is 17.7 Å². The molecule has 0 unspecified atom stereocenters. The van der Waals surface area contributed by atoms with Crippen molar-refractivity contribution < 1.29 is 14.0 Å². The summed E-state index contributed by atoms with van der Waals surface area (Å²) in [7, 11) is 1.85. The quantitative estimate of drug-likeness (QED) is 0.424. The van der Waals surface area contributed by atoms with Crippen molar-refractivity contribution in [3.8, 4) is 22.6 Å². The molecule has 2 amide bonds. The number of nitrogens with one attached hydrogen (secondary N) is 2. The lowest BCUT2D eigenvalue weighted by Gasteiger charge is -2.25. The largest absolute Gasteiger partial charge is 0.421 e. The number of amides is 2. The summed E-state index contributed by atoms with van der Waals surface area (Å²) in [6, 6.07) is 14.2. The van der Waals surface area contributed by atoms with Crippen LogP contribution in [0.1, 0.15) is 48.9 Å². The smallest absolute Gasteiger partial charge is 0.253 e. The van der Waals surface area contributed by atoms with E-state index in [-0.39, 0.29) is 23.9 Å². The Kier molecular flexibility index (Phi) is 6.11. The Labute approximate surface area is 203 Å². The van der Waals surface area contributed by atoms with E-state index in [0.717, 1.165) is 46.9 Å². The van der Waals surface area contributed by atoms with E-state index in [0.29, 0.717) is 23.8 Å². The monoisotopic (exact) mass is 471 g/mol. The normalized spacial score (nSPS) is 17.6. The Balaban J connectivity index is 1.31. The molecule has 2 aromatic carbocycles. The topological polar surface area (TPSA) is 104 Å². The fraction of sp³-hybridized carbons (Fsp3) is 0.333. The second-order valence-electron chi connectivity index (χ2n) is 9.17. The summed E-state index contributed by atoms with van der Waals surface area (Å²) in [6.45, 7) is 3.62. The van der Waals surface area contributed by atoms with Crippen molar-refractivity contribution in [1.29, 1.82) is 0 Å². The Morgan fingerprint density at radius 1 is 1.11 bits per heavy atom. The number of aromatic nitrogens is 3. The molecule has 2 atom stereocenters. The van der Waals surface area contributed by atoms with Gasteiger partial charge in [-0.25, -0.2) is 0 Å². The minimum Gasteiger partial charge on any atom is -0.421 e. The van der Waals surface area contributed by atoms with Crippen LogP contribution in [0.3, 0.4) is 0 Å². The molecule has 0 aliphatic heterocycles. The van der Waals surface area contributed by atoms with Gasteiger partial charge in [-0.2, -0.15) is 0 Å². The number of rotatable bonds is 6. The maximum absolute atomic E-state index is 13.1.